The highest BCUT2D eigenvalue weighted by molar-refractivity contribution is 7.89. The average Bonchev–Trinajstić information content (AvgIpc) is 3.19. The Bertz CT molecular complexity index is 1110. The van der Waals surface area contributed by atoms with Crippen LogP contribution < -0.4 is 15.6 Å². The topological polar surface area (TPSA) is 100 Å². The summed E-state index contributed by atoms with van der Waals surface area (Å²) in [5, 5.41) is 0.763. The molecule has 1 amide bonds. The number of carbonyl (C=O) groups excluding carboxylic acids is 1. The molecule has 152 valence electrons. The van der Waals surface area contributed by atoms with E-state index in [1.54, 1.807) is 12.1 Å². The molecule has 0 aliphatic carbocycles. The molecule has 1 aromatic heterocycles. The number of nitrogens with one attached hydrogen (secondary N) is 3. The van der Waals surface area contributed by atoms with Gasteiger partial charge in [-0.15, -0.1) is 0 Å². The third kappa shape index (κ3) is 5.43. The van der Waals surface area contributed by atoms with Crippen LogP contribution in [0.25, 0.3) is 0 Å². The van der Waals surface area contributed by atoms with Crippen molar-refractivity contribution in [1.82, 2.24) is 10.1 Å². The number of amides is 1. The predicted octanol–water partition coefficient (Wildman–Crippen LogP) is 4.48. The number of rotatable bonds is 7. The van der Waals surface area contributed by atoms with Crippen molar-refractivity contribution < 1.29 is 17.6 Å². The minimum atomic E-state index is -3.84. The third-order valence-corrected chi connectivity index (χ3v) is 5.94. The van der Waals surface area contributed by atoms with Gasteiger partial charge in [0.1, 0.15) is 5.76 Å². The zero-order valence-corrected chi connectivity index (χ0v) is 17.7. The van der Waals surface area contributed by atoms with E-state index in [9.17, 15) is 13.2 Å². The Morgan fingerprint density at radius 1 is 1.00 bits per heavy atom. The van der Waals surface area contributed by atoms with Gasteiger partial charge in [-0.05, 0) is 42.5 Å². The first-order chi connectivity index (χ1) is 13.8. The van der Waals surface area contributed by atoms with E-state index in [4.69, 9.17) is 39.2 Å². The van der Waals surface area contributed by atoms with Gasteiger partial charge in [-0.3, -0.25) is 15.6 Å². The first-order valence-corrected chi connectivity index (χ1v) is 10.7. The number of anilines is 1. The van der Waals surface area contributed by atoms with Crippen LogP contribution in [0.1, 0.15) is 16.1 Å². The highest BCUT2D eigenvalue weighted by atomic mass is 35.5. The van der Waals surface area contributed by atoms with E-state index in [-0.39, 0.29) is 32.7 Å². The summed E-state index contributed by atoms with van der Waals surface area (Å²) in [5.74, 6) is -0.126. The van der Waals surface area contributed by atoms with E-state index >= 15 is 0 Å². The van der Waals surface area contributed by atoms with Gasteiger partial charge in [0.15, 0.2) is 0 Å². The van der Waals surface area contributed by atoms with E-state index in [0.717, 1.165) is 0 Å². The smallest absolute Gasteiger partial charge is 0.269 e. The van der Waals surface area contributed by atoms with Crippen LogP contribution in [0, 0.1) is 0 Å². The molecule has 29 heavy (non-hydrogen) atoms. The van der Waals surface area contributed by atoms with Crippen LogP contribution in [0.2, 0.25) is 15.1 Å². The van der Waals surface area contributed by atoms with Crippen LogP contribution in [0.4, 0.5) is 5.69 Å². The van der Waals surface area contributed by atoms with Gasteiger partial charge in [0.05, 0.1) is 33.4 Å². The maximum atomic E-state index is 12.5. The molecule has 7 nitrogen and oxygen atoms in total. The Balaban J connectivity index is 1.71. The third-order valence-electron chi connectivity index (χ3n) is 3.73. The molecule has 11 heteroatoms. The number of halogens is 3. The molecule has 0 fully saturated rings. The molecule has 0 radical (unpaired) electrons. The number of carbonyl (C=O) groups is 1. The molecular formula is C18H14Cl3N3O4S. The molecule has 1 heterocycles. The second kappa shape index (κ2) is 9.06. The van der Waals surface area contributed by atoms with Crippen LogP contribution in [0.5, 0.6) is 0 Å². The molecule has 3 rings (SSSR count). The summed E-state index contributed by atoms with van der Waals surface area (Å²) in [5.41, 5.74) is 5.40. The Hall–Kier alpha value is -2.23. The van der Waals surface area contributed by atoms with Gasteiger partial charge in [0.2, 0.25) is 10.0 Å². The highest BCUT2D eigenvalue weighted by Crippen LogP contribution is 2.33. The molecule has 0 saturated heterocycles. The molecule has 0 unspecified atom stereocenters. The maximum Gasteiger partial charge on any atom is 0.269 e. The van der Waals surface area contributed by atoms with Gasteiger partial charge in [-0.1, -0.05) is 40.9 Å². The Morgan fingerprint density at radius 3 is 2.38 bits per heavy atom. The van der Waals surface area contributed by atoms with Gasteiger partial charge in [0.25, 0.3) is 5.91 Å². The fourth-order valence-corrected chi connectivity index (χ4v) is 4.27. The van der Waals surface area contributed by atoms with Crippen LogP contribution in [-0.4, -0.2) is 14.3 Å². The van der Waals surface area contributed by atoms with Crippen LogP contribution in [0.15, 0.2) is 64.1 Å². The van der Waals surface area contributed by atoms with Gasteiger partial charge >= 0.3 is 0 Å². The average molecular weight is 475 g/mol. The first kappa shape index (κ1) is 21.5. The van der Waals surface area contributed by atoms with Gasteiger partial charge in [-0.2, -0.15) is 0 Å². The largest absolute Gasteiger partial charge is 0.468 e. The van der Waals surface area contributed by atoms with E-state index in [0.29, 0.717) is 10.8 Å². The molecule has 0 atom stereocenters. The summed E-state index contributed by atoms with van der Waals surface area (Å²) in [6.07, 6.45) is 1.45. The normalized spacial score (nSPS) is 11.3. The van der Waals surface area contributed by atoms with Crippen LogP contribution in [-0.2, 0) is 16.6 Å². The number of hydrogen-bond acceptors (Lipinski definition) is 5. The summed E-state index contributed by atoms with van der Waals surface area (Å²) < 4.78 is 32.4. The minimum Gasteiger partial charge on any atom is -0.468 e. The zero-order chi connectivity index (χ0) is 21.0. The molecule has 0 bridgehead atoms. The summed E-state index contributed by atoms with van der Waals surface area (Å²) in [6, 6.07) is 11.8. The lowest BCUT2D eigenvalue weighted by atomic mass is 10.2. The van der Waals surface area contributed by atoms with Crippen molar-refractivity contribution in [3.05, 3.63) is 81.2 Å². The number of sulfonamides is 1. The number of hydrazine groups is 1. The standard InChI is InChI=1S/C18H14Cl3N3O4S/c19-12-8-15(20)17(16(21)9-12)23-24-18(25)11-3-1-5-14(7-11)29(26,27)22-10-13-4-2-6-28-13/h1-9,22-23H,10H2,(H,24,25). The van der Waals surface area contributed by atoms with Crippen LogP contribution in [0.3, 0.4) is 0 Å². The molecule has 0 spiro atoms. The lowest BCUT2D eigenvalue weighted by Gasteiger charge is -2.13. The quantitative estimate of drug-likeness (QED) is 0.439. The van der Waals surface area contributed by atoms with E-state index in [1.807, 2.05) is 0 Å². The molecule has 0 aliphatic heterocycles. The molecule has 0 aliphatic rings. The van der Waals surface area contributed by atoms with Crippen molar-refractivity contribution in [3.8, 4) is 0 Å². The van der Waals surface area contributed by atoms with Gasteiger partial charge < -0.3 is 4.42 Å². The number of furan rings is 1. The lowest BCUT2D eigenvalue weighted by Crippen LogP contribution is -2.30. The van der Waals surface area contributed by atoms with Crippen LogP contribution >= 0.6 is 34.8 Å². The van der Waals surface area contributed by atoms with Crippen molar-refractivity contribution in [2.45, 2.75) is 11.4 Å². The maximum absolute atomic E-state index is 12.5. The Morgan fingerprint density at radius 2 is 1.72 bits per heavy atom. The van der Waals surface area contributed by atoms with Crippen molar-refractivity contribution in [1.29, 1.82) is 0 Å². The molecule has 2 aromatic carbocycles. The van der Waals surface area contributed by atoms with Gasteiger partial charge in [-0.25, -0.2) is 13.1 Å². The van der Waals surface area contributed by atoms with Crippen molar-refractivity contribution >= 4 is 56.4 Å². The summed E-state index contributed by atoms with van der Waals surface area (Å²) in [4.78, 5) is 12.3. The first-order valence-electron chi connectivity index (χ1n) is 8.09. The Kier molecular flexibility index (Phi) is 6.71. The zero-order valence-electron chi connectivity index (χ0n) is 14.6. The molecular weight excluding hydrogens is 461 g/mol. The summed E-state index contributed by atoms with van der Waals surface area (Å²) >= 11 is 17.9. The molecule has 3 N–H and O–H groups in total. The SMILES string of the molecule is O=C(NNc1c(Cl)cc(Cl)cc1Cl)c1cccc(S(=O)(=O)NCc2ccco2)c1. The number of benzene rings is 2. The fourth-order valence-electron chi connectivity index (χ4n) is 2.32. The predicted molar refractivity (Wildman–Crippen MR) is 112 cm³/mol. The van der Waals surface area contributed by atoms with Crippen molar-refractivity contribution in [2.75, 3.05) is 5.43 Å². The molecule has 0 saturated carbocycles. The summed E-state index contributed by atoms with van der Waals surface area (Å²) in [7, 11) is -3.84. The molecule has 3 aromatic rings. The van der Waals surface area contributed by atoms with E-state index in [2.05, 4.69) is 15.6 Å². The Labute approximate surface area is 182 Å². The summed E-state index contributed by atoms with van der Waals surface area (Å²) in [6.45, 7) is -0.0130. The number of hydrogen-bond donors (Lipinski definition) is 3. The van der Waals surface area contributed by atoms with Crippen molar-refractivity contribution in [3.63, 3.8) is 0 Å². The second-order valence-corrected chi connectivity index (χ2v) is 8.77. The van der Waals surface area contributed by atoms with E-state index < -0.39 is 15.9 Å². The van der Waals surface area contributed by atoms with Crippen molar-refractivity contribution in [2.24, 2.45) is 0 Å². The van der Waals surface area contributed by atoms with Gasteiger partial charge in [0, 0.05) is 10.6 Å². The highest BCUT2D eigenvalue weighted by Gasteiger charge is 2.17. The van der Waals surface area contributed by atoms with E-state index in [1.165, 1.54) is 42.7 Å². The fraction of sp³-hybridized carbons (Fsp3) is 0.0556. The lowest BCUT2D eigenvalue weighted by molar-refractivity contribution is 0.0962. The minimum absolute atomic E-state index is 0.0130. The second-order valence-electron chi connectivity index (χ2n) is 5.76. The monoisotopic (exact) mass is 473 g/mol.